The zero-order valence-electron chi connectivity index (χ0n) is 11.6. The Morgan fingerprint density at radius 2 is 1.86 bits per heavy atom. The maximum absolute atomic E-state index is 11.7. The maximum atomic E-state index is 11.7. The van der Waals surface area contributed by atoms with Crippen LogP contribution in [0.25, 0.3) is 0 Å². The first kappa shape index (κ1) is 20.5. The summed E-state index contributed by atoms with van der Waals surface area (Å²) in [6.45, 7) is -0.678. The summed E-state index contributed by atoms with van der Waals surface area (Å²) in [5, 5.41) is 25.4. The highest BCUT2D eigenvalue weighted by Gasteiger charge is 2.21. The zero-order valence-corrected chi connectivity index (χ0v) is 13.2. The van der Waals surface area contributed by atoms with Gasteiger partial charge in [-0.2, -0.15) is 0 Å². The molecule has 0 radical (unpaired) electrons. The molecule has 0 unspecified atom stereocenters. The van der Waals surface area contributed by atoms with Gasteiger partial charge in [0, 0.05) is 18.6 Å². The van der Waals surface area contributed by atoms with Crippen molar-refractivity contribution in [1.82, 2.24) is 10.6 Å². The molecule has 0 aromatic carbocycles. The van der Waals surface area contributed by atoms with Crippen LogP contribution in [-0.4, -0.2) is 53.3 Å². The molecule has 0 spiro atoms. The third kappa shape index (κ3) is 9.42. The van der Waals surface area contributed by atoms with Gasteiger partial charge in [0.1, 0.15) is 12.1 Å². The minimum Gasteiger partial charge on any atom is -0.548 e. The molecular formula is C11H17ClN3O6S-. The van der Waals surface area contributed by atoms with Crippen molar-refractivity contribution in [2.75, 3.05) is 17.5 Å². The fourth-order valence-electron chi connectivity index (χ4n) is 1.32. The average Bonchev–Trinajstić information content (AvgIpc) is 2.46. The first-order chi connectivity index (χ1) is 10.3. The predicted octanol–water partition coefficient (Wildman–Crippen LogP) is -4.59. The molecule has 0 rings (SSSR count). The predicted molar refractivity (Wildman–Crippen MR) is 74.0 cm³/mol. The van der Waals surface area contributed by atoms with Crippen molar-refractivity contribution < 1.29 is 35.1 Å². The van der Waals surface area contributed by atoms with Crippen LogP contribution in [0.15, 0.2) is 0 Å². The van der Waals surface area contributed by atoms with Crippen molar-refractivity contribution in [3.05, 3.63) is 0 Å². The average molecular weight is 355 g/mol. The lowest BCUT2D eigenvalue weighted by atomic mass is 10.1. The molecule has 0 aliphatic heterocycles. The number of hydrogen-bond acceptors (Lipinski definition) is 7. The highest BCUT2D eigenvalue weighted by molar-refractivity contribution is 8.00. The number of quaternary nitrogens is 1. The van der Waals surface area contributed by atoms with Crippen LogP contribution in [0.3, 0.4) is 0 Å². The number of halogens is 1. The molecule has 0 fully saturated rings. The van der Waals surface area contributed by atoms with Gasteiger partial charge in [-0.15, -0.1) is 23.4 Å². The number of thioether (sulfide) groups is 1. The van der Waals surface area contributed by atoms with Crippen molar-refractivity contribution in [2.24, 2.45) is 0 Å². The topological polar surface area (TPSA) is 166 Å². The molecule has 0 aromatic heterocycles. The summed E-state index contributed by atoms with van der Waals surface area (Å²) in [5.41, 5.74) is 3.31. The van der Waals surface area contributed by atoms with E-state index >= 15 is 0 Å². The van der Waals surface area contributed by atoms with Gasteiger partial charge in [-0.25, -0.2) is 0 Å². The molecule has 2 atom stereocenters. The zero-order chi connectivity index (χ0) is 17.1. The lowest BCUT2D eigenvalue weighted by molar-refractivity contribution is -0.438. The van der Waals surface area contributed by atoms with Gasteiger partial charge < -0.3 is 36.2 Å². The Hall–Kier alpha value is -1.52. The number of aliphatic carboxylic acids is 2. The van der Waals surface area contributed by atoms with Crippen LogP contribution in [-0.2, 0) is 19.2 Å². The number of hydrogen-bond donors (Lipinski definition) is 3. The van der Waals surface area contributed by atoms with Crippen molar-refractivity contribution in [1.29, 1.82) is 0 Å². The molecule has 9 nitrogen and oxygen atoms in total. The van der Waals surface area contributed by atoms with Gasteiger partial charge >= 0.3 is 0 Å². The fourth-order valence-corrected chi connectivity index (χ4v) is 2.14. The molecule has 0 saturated heterocycles. The smallest absolute Gasteiger partial charge is 0.243 e. The molecular weight excluding hydrogens is 338 g/mol. The molecule has 22 heavy (non-hydrogen) atoms. The van der Waals surface area contributed by atoms with E-state index in [4.69, 9.17) is 11.6 Å². The minimum atomic E-state index is -1.46. The lowest BCUT2D eigenvalue weighted by Gasteiger charge is -2.18. The largest absolute Gasteiger partial charge is 0.548 e. The normalized spacial score (nSPS) is 13.0. The van der Waals surface area contributed by atoms with Crippen molar-refractivity contribution in [3.8, 4) is 0 Å². The molecule has 5 N–H and O–H groups in total. The SMILES string of the molecule is [NH3+][C@@H](CCC(=O)N[C@@H](CSCCl)C(=O)NCC(=O)[O-])C(=O)[O-]. The van der Waals surface area contributed by atoms with Gasteiger partial charge in [-0.05, 0) is 0 Å². The third-order valence-electron chi connectivity index (χ3n) is 2.47. The van der Waals surface area contributed by atoms with E-state index in [2.05, 4.69) is 16.4 Å². The summed E-state index contributed by atoms with van der Waals surface area (Å²) >= 11 is 6.65. The highest BCUT2D eigenvalue weighted by atomic mass is 35.5. The van der Waals surface area contributed by atoms with Gasteiger partial charge in [0.05, 0.1) is 23.7 Å². The molecule has 0 saturated carbocycles. The fraction of sp³-hybridized carbons (Fsp3) is 0.636. The maximum Gasteiger partial charge on any atom is 0.243 e. The number of nitrogens with one attached hydrogen (secondary N) is 2. The molecule has 126 valence electrons. The molecule has 0 aromatic rings. The Labute approximate surface area is 135 Å². The van der Waals surface area contributed by atoms with Crippen molar-refractivity contribution in [2.45, 2.75) is 24.9 Å². The first-order valence-electron chi connectivity index (χ1n) is 6.22. The van der Waals surface area contributed by atoms with Gasteiger partial charge in [0.2, 0.25) is 11.8 Å². The monoisotopic (exact) mass is 354 g/mol. The van der Waals surface area contributed by atoms with E-state index in [9.17, 15) is 29.4 Å². The van der Waals surface area contributed by atoms with E-state index in [-0.39, 0.29) is 23.8 Å². The van der Waals surface area contributed by atoms with E-state index in [0.29, 0.717) is 0 Å². The Kier molecular flexibility index (Phi) is 10.3. The van der Waals surface area contributed by atoms with E-state index in [0.717, 1.165) is 11.8 Å². The van der Waals surface area contributed by atoms with Gasteiger partial charge in [-0.3, -0.25) is 9.59 Å². The second-order valence-corrected chi connectivity index (χ2v) is 5.86. The lowest BCUT2D eigenvalue weighted by Crippen LogP contribution is -2.68. The molecule has 2 amide bonds. The van der Waals surface area contributed by atoms with Crippen LogP contribution >= 0.6 is 23.4 Å². The summed E-state index contributed by atoms with van der Waals surface area (Å²) in [4.78, 5) is 44.2. The summed E-state index contributed by atoms with van der Waals surface area (Å²) in [6.07, 6.45) is -0.192. The molecule has 0 bridgehead atoms. The van der Waals surface area contributed by atoms with E-state index in [1.165, 1.54) is 0 Å². The number of amides is 2. The van der Waals surface area contributed by atoms with Gasteiger partial charge in [0.25, 0.3) is 0 Å². The number of alkyl halides is 1. The highest BCUT2D eigenvalue weighted by Crippen LogP contribution is 2.06. The van der Waals surface area contributed by atoms with E-state index < -0.39 is 42.4 Å². The molecule has 0 aliphatic rings. The first-order valence-corrected chi connectivity index (χ1v) is 7.91. The van der Waals surface area contributed by atoms with Gasteiger partial charge in [0.15, 0.2) is 0 Å². The van der Waals surface area contributed by atoms with Crippen molar-refractivity contribution in [3.63, 3.8) is 0 Å². The Bertz CT molecular complexity index is 423. The number of carbonyl (C=O) groups excluding carboxylic acids is 4. The number of carbonyl (C=O) groups is 4. The van der Waals surface area contributed by atoms with Crippen LogP contribution in [0.1, 0.15) is 12.8 Å². The molecule has 11 heteroatoms. The summed E-state index contributed by atoms with van der Waals surface area (Å²) in [7, 11) is 0. The standard InChI is InChI=1S/C11H18ClN3O6S/c12-5-22-4-7(10(19)14-3-9(17)18)15-8(16)2-1-6(13)11(20)21/h6-7H,1-5,13H2,(H,14,19)(H,15,16)(H,17,18)(H,20,21)/p-1/t6-,7-/m0/s1. The van der Waals surface area contributed by atoms with Gasteiger partial charge in [-0.1, -0.05) is 0 Å². The van der Waals surface area contributed by atoms with Crippen molar-refractivity contribution >= 4 is 47.1 Å². The summed E-state index contributed by atoms with van der Waals surface area (Å²) < 4.78 is 0. The Morgan fingerprint density at radius 3 is 2.36 bits per heavy atom. The van der Waals surface area contributed by atoms with Crippen LogP contribution in [0, 0.1) is 0 Å². The number of carboxylic acids is 2. The summed E-state index contributed by atoms with van der Waals surface area (Å²) in [5.74, 6) is -3.94. The quantitative estimate of drug-likeness (QED) is 0.314. The summed E-state index contributed by atoms with van der Waals surface area (Å²) in [6, 6.07) is -2.02. The minimum absolute atomic E-state index is 0.0375. The Morgan fingerprint density at radius 1 is 1.23 bits per heavy atom. The van der Waals surface area contributed by atoms with Crippen LogP contribution in [0.4, 0.5) is 0 Å². The third-order valence-corrected chi connectivity index (χ3v) is 3.66. The molecule has 0 heterocycles. The number of rotatable bonds is 11. The van der Waals surface area contributed by atoms with Crippen LogP contribution in [0.5, 0.6) is 0 Å². The van der Waals surface area contributed by atoms with E-state index in [1.807, 2.05) is 0 Å². The van der Waals surface area contributed by atoms with E-state index in [1.54, 1.807) is 0 Å². The van der Waals surface area contributed by atoms with Crippen LogP contribution in [0.2, 0.25) is 0 Å². The molecule has 0 aliphatic carbocycles. The second kappa shape index (κ2) is 11.1. The Balaban J connectivity index is 4.43. The van der Waals surface area contributed by atoms with Crippen LogP contribution < -0.4 is 26.6 Å². The number of carboxylic acid groups (broad SMARTS) is 2. The second-order valence-electron chi connectivity index (χ2n) is 4.24.